The first kappa shape index (κ1) is 13.2. The Morgan fingerprint density at radius 2 is 2.07 bits per heavy atom. The first-order valence-corrected chi connectivity index (χ1v) is 5.02. The number of rotatable bonds is 6. The quantitative estimate of drug-likeness (QED) is 0.373. The zero-order valence-electron chi connectivity index (χ0n) is 9.67. The highest BCUT2D eigenvalue weighted by Gasteiger charge is 2.15. The Hall–Kier alpha value is -0.830. The lowest BCUT2D eigenvalue weighted by molar-refractivity contribution is -0.152. The summed E-state index contributed by atoms with van der Waals surface area (Å²) >= 11 is 0. The van der Waals surface area contributed by atoms with Crippen LogP contribution in [-0.2, 0) is 9.53 Å². The van der Waals surface area contributed by atoms with Gasteiger partial charge in [-0.3, -0.25) is 4.90 Å². The lowest BCUT2D eigenvalue weighted by Crippen LogP contribution is -2.33. The average molecular weight is 199 g/mol. The minimum atomic E-state index is -0.306. The van der Waals surface area contributed by atoms with Crippen LogP contribution in [0.15, 0.2) is 12.2 Å². The van der Waals surface area contributed by atoms with Crippen LogP contribution in [0.5, 0.6) is 0 Å². The Labute approximate surface area is 86.7 Å². The monoisotopic (exact) mass is 199 g/mol. The van der Waals surface area contributed by atoms with Gasteiger partial charge in [0, 0.05) is 5.57 Å². The highest BCUT2D eigenvalue weighted by Crippen LogP contribution is 2.09. The van der Waals surface area contributed by atoms with Crippen molar-refractivity contribution in [1.82, 2.24) is 4.90 Å². The first-order valence-electron chi connectivity index (χ1n) is 5.02. The Balaban J connectivity index is 4.09. The lowest BCUT2D eigenvalue weighted by atomic mass is 10.2. The van der Waals surface area contributed by atoms with Crippen LogP contribution >= 0.6 is 0 Å². The Kier molecular flexibility index (Phi) is 6.21. The molecule has 1 atom stereocenters. The maximum atomic E-state index is 11.3. The SMILES string of the molecule is C=C(C)C(=O)OC(CCCC)N(C)C. The van der Waals surface area contributed by atoms with Crippen molar-refractivity contribution < 1.29 is 9.53 Å². The topological polar surface area (TPSA) is 29.5 Å². The van der Waals surface area contributed by atoms with Gasteiger partial charge in [0.1, 0.15) is 0 Å². The predicted octanol–water partition coefficient (Wildman–Crippen LogP) is 2.18. The van der Waals surface area contributed by atoms with Gasteiger partial charge in [0.2, 0.25) is 0 Å². The minimum absolute atomic E-state index is 0.126. The van der Waals surface area contributed by atoms with E-state index >= 15 is 0 Å². The molecular weight excluding hydrogens is 178 g/mol. The van der Waals surface area contributed by atoms with Crippen molar-refractivity contribution in [3.63, 3.8) is 0 Å². The maximum absolute atomic E-state index is 11.3. The van der Waals surface area contributed by atoms with Crippen molar-refractivity contribution in [2.75, 3.05) is 14.1 Å². The highest BCUT2D eigenvalue weighted by atomic mass is 16.6. The Morgan fingerprint density at radius 1 is 1.50 bits per heavy atom. The summed E-state index contributed by atoms with van der Waals surface area (Å²) in [5.41, 5.74) is 0.452. The van der Waals surface area contributed by atoms with Gasteiger partial charge in [-0.15, -0.1) is 0 Å². The van der Waals surface area contributed by atoms with Gasteiger partial charge in [0.05, 0.1) is 0 Å². The van der Waals surface area contributed by atoms with Crippen LogP contribution in [0, 0.1) is 0 Å². The maximum Gasteiger partial charge on any atom is 0.334 e. The zero-order valence-corrected chi connectivity index (χ0v) is 9.67. The molecule has 0 N–H and O–H groups in total. The second-order valence-electron chi connectivity index (χ2n) is 3.75. The molecule has 0 heterocycles. The van der Waals surface area contributed by atoms with Gasteiger partial charge >= 0.3 is 5.97 Å². The molecule has 0 bridgehead atoms. The summed E-state index contributed by atoms with van der Waals surface area (Å²) < 4.78 is 5.26. The van der Waals surface area contributed by atoms with E-state index in [0.29, 0.717) is 5.57 Å². The molecule has 0 aromatic heterocycles. The highest BCUT2D eigenvalue weighted by molar-refractivity contribution is 5.87. The van der Waals surface area contributed by atoms with Crippen LogP contribution in [0.25, 0.3) is 0 Å². The standard InChI is InChI=1S/C11H21NO2/c1-6-7-8-10(12(4)5)14-11(13)9(2)3/h10H,2,6-8H2,1,3-5H3. The molecule has 82 valence electrons. The molecule has 0 fully saturated rings. The molecular formula is C11H21NO2. The number of hydrogen-bond acceptors (Lipinski definition) is 3. The van der Waals surface area contributed by atoms with E-state index in [4.69, 9.17) is 4.74 Å². The molecule has 0 aliphatic rings. The molecule has 3 nitrogen and oxygen atoms in total. The number of nitrogens with zero attached hydrogens (tertiary/aromatic N) is 1. The lowest BCUT2D eigenvalue weighted by Gasteiger charge is -2.24. The molecule has 0 aliphatic carbocycles. The third-order valence-corrected chi connectivity index (χ3v) is 1.97. The number of hydrogen-bond donors (Lipinski definition) is 0. The van der Waals surface area contributed by atoms with Gasteiger partial charge in [-0.1, -0.05) is 19.9 Å². The fourth-order valence-electron chi connectivity index (χ4n) is 1.03. The molecule has 1 unspecified atom stereocenters. The summed E-state index contributed by atoms with van der Waals surface area (Å²) in [5, 5.41) is 0. The summed E-state index contributed by atoms with van der Waals surface area (Å²) in [7, 11) is 3.82. The first-order chi connectivity index (χ1) is 6.49. The third-order valence-electron chi connectivity index (χ3n) is 1.97. The summed E-state index contributed by atoms with van der Waals surface area (Å²) in [6.45, 7) is 7.33. The second kappa shape index (κ2) is 6.60. The van der Waals surface area contributed by atoms with Crippen molar-refractivity contribution in [2.45, 2.75) is 39.3 Å². The van der Waals surface area contributed by atoms with Crippen LogP contribution in [-0.4, -0.2) is 31.2 Å². The van der Waals surface area contributed by atoms with Gasteiger partial charge < -0.3 is 4.74 Å². The van der Waals surface area contributed by atoms with E-state index in [2.05, 4.69) is 13.5 Å². The van der Waals surface area contributed by atoms with E-state index in [0.717, 1.165) is 19.3 Å². The van der Waals surface area contributed by atoms with Crippen molar-refractivity contribution in [2.24, 2.45) is 0 Å². The van der Waals surface area contributed by atoms with Crippen molar-refractivity contribution in [3.8, 4) is 0 Å². The smallest absolute Gasteiger partial charge is 0.334 e. The van der Waals surface area contributed by atoms with Crippen LogP contribution < -0.4 is 0 Å². The summed E-state index contributed by atoms with van der Waals surface area (Å²) in [6.07, 6.45) is 2.92. The van der Waals surface area contributed by atoms with Crippen molar-refractivity contribution in [1.29, 1.82) is 0 Å². The minimum Gasteiger partial charge on any atom is -0.443 e. The molecule has 0 saturated heterocycles. The summed E-state index contributed by atoms with van der Waals surface area (Å²) in [4.78, 5) is 13.2. The van der Waals surface area contributed by atoms with E-state index in [-0.39, 0.29) is 12.2 Å². The molecule has 14 heavy (non-hydrogen) atoms. The van der Waals surface area contributed by atoms with E-state index in [1.807, 2.05) is 19.0 Å². The van der Waals surface area contributed by atoms with Gasteiger partial charge in [-0.05, 0) is 33.9 Å². The van der Waals surface area contributed by atoms with E-state index in [1.165, 1.54) is 0 Å². The van der Waals surface area contributed by atoms with Crippen LogP contribution in [0.2, 0.25) is 0 Å². The van der Waals surface area contributed by atoms with Gasteiger partial charge in [0.25, 0.3) is 0 Å². The molecule has 0 spiro atoms. The van der Waals surface area contributed by atoms with Gasteiger partial charge in [0.15, 0.2) is 6.23 Å². The molecule has 0 aromatic rings. The van der Waals surface area contributed by atoms with E-state index in [1.54, 1.807) is 6.92 Å². The van der Waals surface area contributed by atoms with Gasteiger partial charge in [-0.2, -0.15) is 0 Å². The number of ether oxygens (including phenoxy) is 1. The molecule has 0 aliphatic heterocycles. The van der Waals surface area contributed by atoms with Crippen LogP contribution in [0.4, 0.5) is 0 Å². The predicted molar refractivity (Wildman–Crippen MR) is 57.9 cm³/mol. The van der Waals surface area contributed by atoms with Crippen LogP contribution in [0.1, 0.15) is 33.1 Å². The third kappa shape index (κ3) is 5.02. The summed E-state index contributed by atoms with van der Waals surface area (Å²) in [6, 6.07) is 0. The van der Waals surface area contributed by atoms with Crippen LogP contribution in [0.3, 0.4) is 0 Å². The molecule has 0 rings (SSSR count). The van der Waals surface area contributed by atoms with E-state index < -0.39 is 0 Å². The molecule has 0 amide bonds. The molecule has 0 saturated carbocycles. The Morgan fingerprint density at radius 3 is 2.43 bits per heavy atom. The molecule has 0 aromatic carbocycles. The number of carbonyl (C=O) groups excluding carboxylic acids is 1. The fourth-order valence-corrected chi connectivity index (χ4v) is 1.03. The molecule has 0 radical (unpaired) electrons. The number of carbonyl (C=O) groups is 1. The number of unbranched alkanes of at least 4 members (excludes halogenated alkanes) is 1. The van der Waals surface area contributed by atoms with Gasteiger partial charge in [-0.25, -0.2) is 4.79 Å². The van der Waals surface area contributed by atoms with Crippen molar-refractivity contribution >= 4 is 5.97 Å². The largest absolute Gasteiger partial charge is 0.443 e. The second-order valence-corrected chi connectivity index (χ2v) is 3.75. The Bertz CT molecular complexity index is 199. The number of esters is 1. The van der Waals surface area contributed by atoms with E-state index in [9.17, 15) is 4.79 Å². The average Bonchev–Trinajstić information content (AvgIpc) is 2.10. The fraction of sp³-hybridized carbons (Fsp3) is 0.727. The van der Waals surface area contributed by atoms with Crippen molar-refractivity contribution in [3.05, 3.63) is 12.2 Å². The summed E-state index contributed by atoms with van der Waals surface area (Å²) in [5.74, 6) is -0.306. The zero-order chi connectivity index (χ0) is 11.1. The molecule has 3 heteroatoms. The normalized spacial score (nSPS) is 12.6.